The Morgan fingerprint density at radius 3 is 2.62 bits per heavy atom. The van der Waals surface area contributed by atoms with Gasteiger partial charge in [-0.15, -0.1) is 0 Å². The third-order valence-electron chi connectivity index (χ3n) is 6.67. The van der Waals surface area contributed by atoms with Crippen LogP contribution in [-0.4, -0.2) is 57.5 Å². The van der Waals surface area contributed by atoms with E-state index in [0.29, 0.717) is 30.8 Å². The first-order chi connectivity index (χ1) is 17.7. The lowest BCUT2D eigenvalue weighted by Crippen LogP contribution is -2.33. The van der Waals surface area contributed by atoms with E-state index in [0.717, 1.165) is 37.3 Å². The molecule has 2 fully saturated rings. The van der Waals surface area contributed by atoms with Gasteiger partial charge in [0.05, 0.1) is 11.4 Å². The van der Waals surface area contributed by atoms with Crippen LogP contribution in [-0.2, 0) is 15.8 Å². The normalized spacial score (nSPS) is 18.1. The van der Waals surface area contributed by atoms with Crippen LogP contribution in [0.4, 0.5) is 36.3 Å². The minimum atomic E-state index is -4.73. The first-order valence-electron chi connectivity index (χ1n) is 12.1. The zero-order chi connectivity index (χ0) is 26.6. The van der Waals surface area contributed by atoms with Gasteiger partial charge in [0.2, 0.25) is 17.8 Å². The molecular formula is C25H29F3N6O3. The lowest BCUT2D eigenvalue weighted by atomic mass is 9.96. The molecule has 1 aromatic heterocycles. The average molecular weight is 519 g/mol. The number of carbonyl (C=O) groups excluding carboxylic acids is 2. The Bertz CT molecular complexity index is 1170. The molecular weight excluding hydrogens is 489 g/mol. The van der Waals surface area contributed by atoms with Crippen molar-refractivity contribution >= 4 is 35.0 Å². The predicted molar refractivity (Wildman–Crippen MR) is 132 cm³/mol. The van der Waals surface area contributed by atoms with Crippen LogP contribution < -0.4 is 16.0 Å². The van der Waals surface area contributed by atoms with Gasteiger partial charge < -0.3 is 26.0 Å². The summed E-state index contributed by atoms with van der Waals surface area (Å²) < 4.78 is 41.4. The minimum Gasteiger partial charge on any atom is -0.387 e. The molecule has 4 rings (SSSR count). The fraction of sp³-hybridized carbons (Fsp3) is 0.440. The summed E-state index contributed by atoms with van der Waals surface area (Å²) >= 11 is 0. The summed E-state index contributed by atoms with van der Waals surface area (Å²) in [5, 5.41) is 17.4. The Kier molecular flexibility index (Phi) is 7.96. The van der Waals surface area contributed by atoms with Crippen molar-refractivity contribution in [1.29, 1.82) is 0 Å². The molecule has 37 heavy (non-hydrogen) atoms. The van der Waals surface area contributed by atoms with Gasteiger partial charge in [0.15, 0.2) is 0 Å². The van der Waals surface area contributed by atoms with Gasteiger partial charge in [-0.25, -0.2) is 4.98 Å². The maximum Gasteiger partial charge on any atom is 0.421 e. The molecule has 0 spiro atoms. The van der Waals surface area contributed by atoms with Crippen LogP contribution in [0, 0.1) is 0 Å². The fourth-order valence-corrected chi connectivity index (χ4v) is 4.74. The molecule has 0 bridgehead atoms. The van der Waals surface area contributed by atoms with Crippen molar-refractivity contribution in [2.45, 2.75) is 50.2 Å². The summed E-state index contributed by atoms with van der Waals surface area (Å²) in [4.78, 5) is 33.2. The van der Waals surface area contributed by atoms with Crippen LogP contribution in [0.25, 0.3) is 0 Å². The molecule has 1 aliphatic carbocycles. The average Bonchev–Trinajstić information content (AvgIpc) is 3.57. The summed E-state index contributed by atoms with van der Waals surface area (Å²) in [6, 6.07) is 4.98. The van der Waals surface area contributed by atoms with Crippen molar-refractivity contribution < 1.29 is 27.9 Å². The number of amides is 2. The van der Waals surface area contributed by atoms with Gasteiger partial charge in [-0.2, -0.15) is 18.2 Å². The number of hydrogen-bond acceptors (Lipinski definition) is 7. The van der Waals surface area contributed by atoms with E-state index >= 15 is 0 Å². The van der Waals surface area contributed by atoms with Gasteiger partial charge in [-0.3, -0.25) is 9.59 Å². The molecule has 4 N–H and O–H groups in total. The number of anilines is 4. The molecule has 2 aromatic rings. The molecule has 198 valence electrons. The molecule has 9 nitrogen and oxygen atoms in total. The largest absolute Gasteiger partial charge is 0.421 e. The summed E-state index contributed by atoms with van der Waals surface area (Å²) in [5.74, 6) is -1.10. The number of aromatic nitrogens is 2. The van der Waals surface area contributed by atoms with Crippen LogP contribution in [0.5, 0.6) is 0 Å². The Morgan fingerprint density at radius 1 is 1.19 bits per heavy atom. The van der Waals surface area contributed by atoms with E-state index < -0.39 is 36.0 Å². The van der Waals surface area contributed by atoms with Gasteiger partial charge in [-0.1, -0.05) is 25.5 Å². The SMILES string of the molecule is C=CC(=O)Nc1cc(C2CCCC2)ccc1Nc1nc(N[C@H]2CCN(C(=O)CO)C2)ncc1C(F)(F)F. The molecule has 12 heteroatoms. The van der Waals surface area contributed by atoms with Crippen molar-refractivity contribution in [2.75, 3.05) is 35.6 Å². The van der Waals surface area contributed by atoms with Crippen molar-refractivity contribution in [1.82, 2.24) is 14.9 Å². The van der Waals surface area contributed by atoms with E-state index in [4.69, 9.17) is 5.11 Å². The number of alkyl halides is 3. The van der Waals surface area contributed by atoms with E-state index in [-0.39, 0.29) is 24.2 Å². The zero-order valence-corrected chi connectivity index (χ0v) is 20.1. The maximum atomic E-state index is 13.8. The molecule has 2 aliphatic rings. The van der Waals surface area contributed by atoms with E-state index in [1.165, 1.54) is 4.90 Å². The third-order valence-corrected chi connectivity index (χ3v) is 6.67. The molecule has 2 heterocycles. The number of nitrogens with one attached hydrogen (secondary N) is 3. The molecule has 0 radical (unpaired) electrons. The predicted octanol–water partition coefficient (Wildman–Crippen LogP) is 4.03. The first-order valence-corrected chi connectivity index (χ1v) is 12.1. The van der Waals surface area contributed by atoms with Crippen molar-refractivity contribution in [3.8, 4) is 0 Å². The lowest BCUT2D eigenvalue weighted by Gasteiger charge is -2.20. The third kappa shape index (κ3) is 6.37. The topological polar surface area (TPSA) is 119 Å². The number of carbonyl (C=O) groups is 2. The van der Waals surface area contributed by atoms with E-state index in [9.17, 15) is 22.8 Å². The Morgan fingerprint density at radius 2 is 1.95 bits per heavy atom. The number of halogens is 3. The molecule has 1 aromatic carbocycles. The van der Waals surface area contributed by atoms with Crippen LogP contribution in [0.2, 0.25) is 0 Å². The second-order valence-corrected chi connectivity index (χ2v) is 9.19. The molecule has 1 saturated heterocycles. The summed E-state index contributed by atoms with van der Waals surface area (Å²) in [5.41, 5.74) is 0.506. The number of aliphatic hydroxyl groups excluding tert-OH is 1. The van der Waals surface area contributed by atoms with Crippen LogP contribution in [0.3, 0.4) is 0 Å². The maximum absolute atomic E-state index is 13.8. The monoisotopic (exact) mass is 518 g/mol. The Hall–Kier alpha value is -3.67. The molecule has 2 amide bonds. The van der Waals surface area contributed by atoms with E-state index in [1.807, 2.05) is 6.07 Å². The van der Waals surface area contributed by atoms with Crippen molar-refractivity contribution in [2.24, 2.45) is 0 Å². The zero-order valence-electron chi connectivity index (χ0n) is 20.1. The number of likely N-dealkylation sites (tertiary alicyclic amines) is 1. The van der Waals surface area contributed by atoms with E-state index in [1.54, 1.807) is 12.1 Å². The Balaban J connectivity index is 1.62. The number of benzene rings is 1. The molecule has 1 atom stereocenters. The van der Waals surface area contributed by atoms with Gasteiger partial charge in [0.1, 0.15) is 18.0 Å². The van der Waals surface area contributed by atoms with Crippen molar-refractivity contribution in [3.05, 3.63) is 48.2 Å². The van der Waals surface area contributed by atoms with E-state index in [2.05, 4.69) is 32.5 Å². The second-order valence-electron chi connectivity index (χ2n) is 9.19. The van der Waals surface area contributed by atoms with Gasteiger partial charge in [0, 0.05) is 25.3 Å². The van der Waals surface area contributed by atoms with Crippen LogP contribution in [0.1, 0.15) is 49.1 Å². The smallest absolute Gasteiger partial charge is 0.387 e. The number of rotatable bonds is 8. The highest BCUT2D eigenvalue weighted by atomic mass is 19.4. The first kappa shape index (κ1) is 26.4. The highest BCUT2D eigenvalue weighted by molar-refractivity contribution is 6.01. The number of hydrogen-bond donors (Lipinski definition) is 4. The van der Waals surface area contributed by atoms with Crippen molar-refractivity contribution in [3.63, 3.8) is 0 Å². The van der Waals surface area contributed by atoms with Gasteiger partial charge in [0.25, 0.3) is 0 Å². The molecule has 1 saturated carbocycles. The number of aliphatic hydroxyl groups is 1. The fourth-order valence-electron chi connectivity index (χ4n) is 4.74. The standard InChI is InChI=1S/C25H29F3N6O3/c1-2-21(36)31-20-11-16(15-5-3-4-6-15)7-8-19(20)32-23-18(25(26,27)28)12-29-24(33-23)30-17-9-10-34(13-17)22(37)14-35/h2,7-8,11-12,15,17,35H,1,3-6,9-10,13-14H2,(H,31,36)(H2,29,30,32,33)/t17-/m0/s1. The highest BCUT2D eigenvalue weighted by Gasteiger charge is 2.36. The minimum absolute atomic E-state index is 0.0435. The number of nitrogens with zero attached hydrogens (tertiary/aromatic N) is 3. The Labute approximate surface area is 212 Å². The summed E-state index contributed by atoms with van der Waals surface area (Å²) in [6.45, 7) is 3.52. The summed E-state index contributed by atoms with van der Waals surface area (Å²) in [6.07, 6.45) is 1.83. The molecule has 1 aliphatic heterocycles. The lowest BCUT2D eigenvalue weighted by molar-refractivity contribution is -0.137. The highest BCUT2D eigenvalue weighted by Crippen LogP contribution is 2.39. The van der Waals surface area contributed by atoms with Gasteiger partial charge in [-0.05, 0) is 49.0 Å². The van der Waals surface area contributed by atoms with Gasteiger partial charge >= 0.3 is 6.18 Å². The quantitative estimate of drug-likeness (QED) is 0.390. The summed E-state index contributed by atoms with van der Waals surface area (Å²) in [7, 11) is 0. The second kappa shape index (κ2) is 11.2. The van der Waals surface area contributed by atoms with Crippen LogP contribution >= 0.6 is 0 Å². The van der Waals surface area contributed by atoms with Crippen LogP contribution in [0.15, 0.2) is 37.1 Å². The molecule has 0 unspecified atom stereocenters.